The summed E-state index contributed by atoms with van der Waals surface area (Å²) >= 11 is 7.10. The molecule has 1 N–H and O–H groups in total. The fourth-order valence-electron chi connectivity index (χ4n) is 3.66. The number of aromatic nitrogens is 1. The number of halogens is 1. The molecule has 0 spiro atoms. The summed E-state index contributed by atoms with van der Waals surface area (Å²) in [7, 11) is -4.60. The van der Waals surface area contributed by atoms with Gasteiger partial charge < -0.3 is 0 Å². The summed E-state index contributed by atoms with van der Waals surface area (Å²) in [6, 6.07) is 12.4. The third-order valence-electron chi connectivity index (χ3n) is 5.50. The number of hydrogen-bond acceptors (Lipinski definition) is 7. The first-order valence-corrected chi connectivity index (χ1v) is 14.9. The highest BCUT2D eigenvalue weighted by Gasteiger charge is 2.35. The molecule has 1 atom stereocenters. The Balaban J connectivity index is 1.49. The van der Waals surface area contributed by atoms with Crippen molar-refractivity contribution in [2.75, 3.05) is 25.5 Å². The van der Waals surface area contributed by atoms with Gasteiger partial charge in [-0.1, -0.05) is 29.8 Å². The number of anilines is 1. The van der Waals surface area contributed by atoms with Gasteiger partial charge in [0, 0.05) is 48.2 Å². The monoisotopic (exact) mass is 566 g/mol. The molecule has 2 aromatic heterocycles. The Hall–Kier alpha value is -2.61. The number of thiophene rings is 1. The van der Waals surface area contributed by atoms with E-state index < -0.39 is 32.0 Å². The van der Waals surface area contributed by atoms with E-state index in [-0.39, 0.29) is 17.9 Å². The standard InChI is InChI=1S/C23H23ClN4O5S3/c1-27(2)36(32,33)20-6-4-3-5-18(20)16-7-10-22(25-15-16)28-13-11-19(23(28)29)26-35(30,31)14-12-17-8-9-21(24)34-17/h3-10,12,14-15,19,26H,11,13H2,1-2H3/b14-12+/t19-/m0/s1. The average molecular weight is 567 g/mol. The van der Waals surface area contributed by atoms with E-state index in [4.69, 9.17) is 11.6 Å². The van der Waals surface area contributed by atoms with Crippen LogP contribution in [0.4, 0.5) is 5.82 Å². The van der Waals surface area contributed by atoms with Crippen LogP contribution in [0.25, 0.3) is 17.2 Å². The van der Waals surface area contributed by atoms with E-state index in [1.165, 1.54) is 48.7 Å². The van der Waals surface area contributed by atoms with Crippen molar-refractivity contribution in [2.24, 2.45) is 0 Å². The molecule has 1 aromatic carbocycles. The predicted octanol–water partition coefficient (Wildman–Crippen LogP) is 3.41. The minimum absolute atomic E-state index is 0.147. The Morgan fingerprint density at radius 2 is 1.86 bits per heavy atom. The summed E-state index contributed by atoms with van der Waals surface area (Å²) in [5.41, 5.74) is 1.06. The van der Waals surface area contributed by atoms with Gasteiger partial charge in [-0.05, 0) is 42.8 Å². The van der Waals surface area contributed by atoms with Crippen LogP contribution < -0.4 is 9.62 Å². The Morgan fingerprint density at radius 1 is 1.11 bits per heavy atom. The van der Waals surface area contributed by atoms with E-state index in [2.05, 4.69) is 9.71 Å². The molecular weight excluding hydrogens is 544 g/mol. The van der Waals surface area contributed by atoms with Gasteiger partial charge in [-0.15, -0.1) is 11.3 Å². The molecule has 1 saturated heterocycles. The molecule has 9 nitrogen and oxygen atoms in total. The SMILES string of the molecule is CN(C)S(=O)(=O)c1ccccc1-c1ccc(N2CC[C@H](NS(=O)(=O)/C=C/c3ccc(Cl)s3)C2=O)nc1. The molecule has 13 heteroatoms. The molecule has 3 aromatic rings. The highest BCUT2D eigenvalue weighted by Crippen LogP contribution is 2.30. The highest BCUT2D eigenvalue weighted by atomic mass is 35.5. The molecule has 0 aliphatic carbocycles. The van der Waals surface area contributed by atoms with E-state index in [9.17, 15) is 21.6 Å². The maximum atomic E-state index is 12.9. The molecular formula is C23H23ClN4O5S3. The fraction of sp³-hybridized carbons (Fsp3) is 0.217. The quantitative estimate of drug-likeness (QED) is 0.446. The number of carbonyl (C=O) groups excluding carboxylic acids is 1. The summed E-state index contributed by atoms with van der Waals surface area (Å²) in [6.07, 6.45) is 3.20. The van der Waals surface area contributed by atoms with Gasteiger partial charge in [0.1, 0.15) is 11.9 Å². The number of hydrogen-bond donors (Lipinski definition) is 1. The molecule has 0 unspecified atom stereocenters. The van der Waals surface area contributed by atoms with Crippen molar-refractivity contribution in [3.63, 3.8) is 0 Å². The van der Waals surface area contributed by atoms with Gasteiger partial charge in [-0.2, -0.15) is 4.72 Å². The smallest absolute Gasteiger partial charge is 0.246 e. The van der Waals surface area contributed by atoms with Gasteiger partial charge in [0.15, 0.2) is 0 Å². The topological polar surface area (TPSA) is 117 Å². The van der Waals surface area contributed by atoms with Crippen LogP contribution in [0.5, 0.6) is 0 Å². The second kappa shape index (κ2) is 10.4. The number of pyridine rings is 1. The number of carbonyl (C=O) groups is 1. The van der Waals surface area contributed by atoms with Crippen LogP contribution in [0.1, 0.15) is 11.3 Å². The highest BCUT2D eigenvalue weighted by molar-refractivity contribution is 7.92. The molecule has 1 amide bonds. The van der Waals surface area contributed by atoms with E-state index in [1.54, 1.807) is 42.5 Å². The van der Waals surface area contributed by atoms with Gasteiger partial charge in [0.25, 0.3) is 0 Å². The minimum atomic E-state index is -3.86. The number of nitrogens with zero attached hydrogens (tertiary/aromatic N) is 3. The Morgan fingerprint density at radius 3 is 2.50 bits per heavy atom. The summed E-state index contributed by atoms with van der Waals surface area (Å²) < 4.78 is 54.4. The van der Waals surface area contributed by atoms with Gasteiger partial charge in [-0.3, -0.25) is 9.69 Å². The third-order valence-corrected chi connectivity index (χ3v) is 9.68. The fourth-order valence-corrected chi connectivity index (χ4v) is 6.84. The van der Waals surface area contributed by atoms with Crippen LogP contribution in [0.3, 0.4) is 0 Å². The minimum Gasteiger partial charge on any atom is -0.295 e. The largest absolute Gasteiger partial charge is 0.295 e. The summed E-state index contributed by atoms with van der Waals surface area (Å²) in [5, 5.41) is 1.01. The second-order valence-electron chi connectivity index (χ2n) is 8.13. The number of nitrogens with one attached hydrogen (secondary N) is 1. The molecule has 0 bridgehead atoms. The summed E-state index contributed by atoms with van der Waals surface area (Å²) in [6.45, 7) is 0.286. The van der Waals surface area contributed by atoms with Crippen LogP contribution in [-0.4, -0.2) is 58.7 Å². The zero-order chi connectivity index (χ0) is 26.1. The number of sulfonamides is 2. The molecule has 190 valence electrons. The first-order chi connectivity index (χ1) is 17.0. The molecule has 0 saturated carbocycles. The molecule has 3 heterocycles. The van der Waals surface area contributed by atoms with Crippen LogP contribution in [-0.2, 0) is 24.8 Å². The van der Waals surface area contributed by atoms with Gasteiger partial charge in [0.2, 0.25) is 26.0 Å². The predicted molar refractivity (Wildman–Crippen MR) is 142 cm³/mol. The van der Waals surface area contributed by atoms with Crippen molar-refractivity contribution in [1.29, 1.82) is 0 Å². The van der Waals surface area contributed by atoms with Crippen molar-refractivity contribution in [1.82, 2.24) is 14.0 Å². The number of rotatable bonds is 8. The van der Waals surface area contributed by atoms with Crippen molar-refractivity contribution in [3.05, 3.63) is 69.3 Å². The van der Waals surface area contributed by atoms with E-state index in [0.29, 0.717) is 26.2 Å². The van der Waals surface area contributed by atoms with Crippen LogP contribution in [0.15, 0.2) is 65.0 Å². The lowest BCUT2D eigenvalue weighted by Crippen LogP contribution is -2.40. The van der Waals surface area contributed by atoms with Gasteiger partial charge >= 0.3 is 0 Å². The lowest BCUT2D eigenvalue weighted by atomic mass is 10.1. The summed E-state index contributed by atoms with van der Waals surface area (Å²) in [4.78, 5) is 19.5. The maximum Gasteiger partial charge on any atom is 0.246 e. The summed E-state index contributed by atoms with van der Waals surface area (Å²) in [5.74, 6) is -0.0656. The normalized spacial score (nSPS) is 16.9. The molecule has 1 aliphatic heterocycles. The number of amides is 1. The average Bonchev–Trinajstić information content (AvgIpc) is 3.42. The molecule has 4 rings (SSSR count). The first kappa shape index (κ1) is 26.5. The lowest BCUT2D eigenvalue weighted by molar-refractivity contribution is -0.118. The van der Waals surface area contributed by atoms with E-state index in [0.717, 1.165) is 9.71 Å². The zero-order valence-electron chi connectivity index (χ0n) is 19.3. The van der Waals surface area contributed by atoms with Crippen molar-refractivity contribution < 1.29 is 21.6 Å². The van der Waals surface area contributed by atoms with Crippen LogP contribution >= 0.6 is 22.9 Å². The zero-order valence-corrected chi connectivity index (χ0v) is 22.5. The lowest BCUT2D eigenvalue weighted by Gasteiger charge is -2.17. The van der Waals surface area contributed by atoms with Crippen molar-refractivity contribution in [3.8, 4) is 11.1 Å². The second-order valence-corrected chi connectivity index (χ2v) is 13.6. The van der Waals surface area contributed by atoms with Gasteiger partial charge in [-0.25, -0.2) is 26.1 Å². The van der Waals surface area contributed by atoms with Crippen molar-refractivity contribution in [2.45, 2.75) is 17.4 Å². The van der Waals surface area contributed by atoms with E-state index in [1.807, 2.05) is 0 Å². The van der Waals surface area contributed by atoms with Gasteiger partial charge in [0.05, 0.1) is 9.23 Å². The van der Waals surface area contributed by atoms with Crippen LogP contribution in [0.2, 0.25) is 4.34 Å². The molecule has 0 radical (unpaired) electrons. The molecule has 36 heavy (non-hydrogen) atoms. The van der Waals surface area contributed by atoms with Crippen LogP contribution in [0, 0.1) is 0 Å². The third kappa shape index (κ3) is 5.69. The Bertz CT molecular complexity index is 1520. The number of benzene rings is 1. The molecule has 1 fully saturated rings. The molecule has 1 aliphatic rings. The Kier molecular flexibility index (Phi) is 7.64. The van der Waals surface area contributed by atoms with E-state index >= 15 is 0 Å². The maximum absolute atomic E-state index is 12.9. The van der Waals surface area contributed by atoms with Crippen molar-refractivity contribution >= 4 is 60.8 Å². The first-order valence-electron chi connectivity index (χ1n) is 10.7. The Labute approximate surface area is 219 Å².